The third-order valence-corrected chi connectivity index (χ3v) is 0. The van der Waals surface area contributed by atoms with Crippen LogP contribution in [0, 0.1) is 0 Å². The van der Waals surface area contributed by atoms with Gasteiger partial charge in [0.1, 0.15) is 0 Å². The second-order valence-corrected chi connectivity index (χ2v) is 0.289. The molecule has 0 aliphatic carbocycles. The van der Waals surface area contributed by atoms with Crippen LogP contribution in [-0.2, 0) is 0 Å². The van der Waals surface area contributed by atoms with Gasteiger partial charge in [-0.25, -0.2) is 0 Å². The molecular formula is HBNa2O3. The van der Waals surface area contributed by atoms with Crippen molar-refractivity contribution in [1.82, 2.24) is 0 Å². The molecule has 0 atom stereocenters. The average molecular weight is 106 g/mol. The molecule has 0 aliphatic heterocycles. The minimum absolute atomic E-state index is 0. The first-order valence-corrected chi connectivity index (χ1v) is 0.707. The summed E-state index contributed by atoms with van der Waals surface area (Å²) in [7, 11) is -2.92. The fraction of sp³-hybridized carbons (Fsp3) is 0. The van der Waals surface area contributed by atoms with E-state index in [1.807, 2.05) is 0 Å². The topological polar surface area (TPSA) is 69.2 Å². The zero-order chi connectivity index (χ0) is 3.58. The molecule has 0 fully saturated rings. The minimum Gasteiger partial charge on any atom is -0.907 e. The van der Waals surface area contributed by atoms with Crippen molar-refractivity contribution in [1.29, 1.82) is 0 Å². The van der Waals surface area contributed by atoms with E-state index in [0.717, 1.165) is 0 Å². The molecule has 3 nitrogen and oxygen atoms in total. The first kappa shape index (κ1) is 15.7. The Kier molecular flexibility index (Phi) is 26.2. The molecule has 6 heteroatoms. The third-order valence-electron chi connectivity index (χ3n) is 0. The maximum Gasteiger partial charge on any atom is 1.00 e. The number of hydrogen-bond acceptors (Lipinski definition) is 3. The van der Waals surface area contributed by atoms with Crippen molar-refractivity contribution in [3.63, 3.8) is 0 Å². The van der Waals surface area contributed by atoms with Crippen LogP contribution in [0.1, 0.15) is 1.43 Å². The maximum absolute atomic E-state index is 8.42. The van der Waals surface area contributed by atoms with Gasteiger partial charge in [-0.3, -0.25) is 7.32 Å². The molecule has 0 heterocycles. The second kappa shape index (κ2) is 10.0. The Balaban J connectivity index is -0.0000000150. The third kappa shape index (κ3) is 38.4. The van der Waals surface area contributed by atoms with Crippen molar-refractivity contribution in [3.8, 4) is 0 Å². The van der Waals surface area contributed by atoms with Crippen molar-refractivity contribution in [2.24, 2.45) is 0 Å². The van der Waals surface area contributed by atoms with E-state index < -0.39 is 7.32 Å². The molecule has 0 aromatic heterocycles. The van der Waals surface area contributed by atoms with Gasteiger partial charge < -0.3 is 15.1 Å². The van der Waals surface area contributed by atoms with E-state index in [1.54, 1.807) is 0 Å². The number of hydrogen-bond donors (Lipinski definition) is 0. The molecule has 0 aliphatic rings. The summed E-state index contributed by atoms with van der Waals surface area (Å²) in [6.07, 6.45) is 0. The monoisotopic (exact) mass is 106 g/mol. The normalized spacial score (nSPS) is 4.50. The molecule has 0 aromatic rings. The summed E-state index contributed by atoms with van der Waals surface area (Å²) in [5.41, 5.74) is 0. The van der Waals surface area contributed by atoms with E-state index in [0.29, 0.717) is 0 Å². The first-order valence-electron chi connectivity index (χ1n) is 0.707. The molecular weight excluding hydrogens is 105 g/mol. The van der Waals surface area contributed by atoms with E-state index in [4.69, 9.17) is 15.1 Å². The SMILES string of the molecule is [H+].[Na+].[Na+].[O-]B([O-])[O-]. The second-order valence-electron chi connectivity index (χ2n) is 0.289. The van der Waals surface area contributed by atoms with Crippen LogP contribution in [0.5, 0.6) is 0 Å². The smallest absolute Gasteiger partial charge is 0.907 e. The molecule has 0 aromatic carbocycles. The molecule has 0 bridgehead atoms. The van der Waals surface area contributed by atoms with E-state index in [9.17, 15) is 0 Å². The van der Waals surface area contributed by atoms with Crippen LogP contribution in [0.25, 0.3) is 0 Å². The molecule has 24 valence electrons. The van der Waals surface area contributed by atoms with Gasteiger partial charge in [0.15, 0.2) is 0 Å². The summed E-state index contributed by atoms with van der Waals surface area (Å²) < 4.78 is 0. The van der Waals surface area contributed by atoms with Crippen molar-refractivity contribution < 1.29 is 75.6 Å². The van der Waals surface area contributed by atoms with Gasteiger partial charge in [0.2, 0.25) is 0 Å². The Hall–Kier alpha value is 1.94. The van der Waals surface area contributed by atoms with E-state index >= 15 is 0 Å². The van der Waals surface area contributed by atoms with Crippen LogP contribution in [0.2, 0.25) is 0 Å². The van der Waals surface area contributed by atoms with Gasteiger partial charge in [0.25, 0.3) is 0 Å². The van der Waals surface area contributed by atoms with Gasteiger partial charge >= 0.3 is 60.5 Å². The summed E-state index contributed by atoms with van der Waals surface area (Å²) in [5, 5.41) is 25.2. The maximum atomic E-state index is 8.42. The summed E-state index contributed by atoms with van der Waals surface area (Å²) >= 11 is 0. The van der Waals surface area contributed by atoms with E-state index in [-0.39, 0.29) is 60.5 Å². The largest absolute Gasteiger partial charge is 1.00 e. The quantitative estimate of drug-likeness (QED) is 0.288. The Bertz CT molecular complexity index is 17.7. The van der Waals surface area contributed by atoms with Crippen LogP contribution in [0.3, 0.4) is 0 Å². The van der Waals surface area contributed by atoms with Gasteiger partial charge in [0.05, 0.1) is 0 Å². The average Bonchev–Trinajstić information content (AvgIpc) is 0.811. The molecule has 0 rings (SSSR count). The zero-order valence-corrected chi connectivity index (χ0v) is 7.80. The van der Waals surface area contributed by atoms with Crippen molar-refractivity contribution >= 4 is 7.32 Å². The van der Waals surface area contributed by atoms with Gasteiger partial charge in [-0.15, -0.1) is 0 Å². The Labute approximate surface area is 82.0 Å². The van der Waals surface area contributed by atoms with Gasteiger partial charge in [0, 0.05) is 0 Å². The van der Waals surface area contributed by atoms with Crippen LogP contribution in [0.15, 0.2) is 0 Å². The Morgan fingerprint density at radius 1 is 1.00 bits per heavy atom. The van der Waals surface area contributed by atoms with Crippen LogP contribution in [0.4, 0.5) is 0 Å². The predicted molar refractivity (Wildman–Crippen MR) is 6.87 cm³/mol. The van der Waals surface area contributed by atoms with Crippen molar-refractivity contribution in [2.45, 2.75) is 0 Å². The molecule has 6 heavy (non-hydrogen) atoms. The first-order chi connectivity index (χ1) is 1.73. The molecule has 0 saturated heterocycles. The summed E-state index contributed by atoms with van der Waals surface area (Å²) in [5.74, 6) is 0. The van der Waals surface area contributed by atoms with Crippen molar-refractivity contribution in [2.75, 3.05) is 0 Å². The van der Waals surface area contributed by atoms with Crippen LogP contribution in [-0.4, -0.2) is 7.32 Å². The molecule has 0 spiro atoms. The zero-order valence-electron chi connectivity index (χ0n) is 4.80. The molecule has 0 saturated carbocycles. The molecule has 0 radical (unpaired) electrons. The molecule has 0 amide bonds. The minimum atomic E-state index is -2.92. The van der Waals surface area contributed by atoms with Crippen LogP contribution < -0.4 is 74.2 Å². The van der Waals surface area contributed by atoms with E-state index in [2.05, 4.69) is 0 Å². The van der Waals surface area contributed by atoms with Gasteiger partial charge in [-0.1, -0.05) is 0 Å². The fourth-order valence-corrected chi connectivity index (χ4v) is 0. The van der Waals surface area contributed by atoms with Gasteiger partial charge in [-0.2, -0.15) is 0 Å². The standard InChI is InChI=1S/BO3.2Na/c2-1(3)4;;/q-3;2*+1/p+1. The van der Waals surface area contributed by atoms with Crippen molar-refractivity contribution in [3.05, 3.63) is 0 Å². The summed E-state index contributed by atoms with van der Waals surface area (Å²) in [6, 6.07) is 0. The fourth-order valence-electron chi connectivity index (χ4n) is 0. The number of rotatable bonds is 0. The Morgan fingerprint density at radius 3 is 1.00 bits per heavy atom. The Morgan fingerprint density at radius 2 is 1.00 bits per heavy atom. The van der Waals surface area contributed by atoms with Gasteiger partial charge in [-0.05, 0) is 0 Å². The summed E-state index contributed by atoms with van der Waals surface area (Å²) in [6.45, 7) is 0. The molecule has 0 unspecified atom stereocenters. The van der Waals surface area contributed by atoms with Crippen LogP contribution >= 0.6 is 0 Å². The van der Waals surface area contributed by atoms with E-state index in [1.165, 1.54) is 0 Å². The summed E-state index contributed by atoms with van der Waals surface area (Å²) in [4.78, 5) is 0. The predicted octanol–water partition coefficient (Wildman–Crippen LogP) is -9.83. The molecule has 0 N–H and O–H groups in total.